The van der Waals surface area contributed by atoms with Gasteiger partial charge in [-0.2, -0.15) is 0 Å². The maximum absolute atomic E-state index is 2.60. The lowest BCUT2D eigenvalue weighted by Crippen LogP contribution is -2.28. The van der Waals surface area contributed by atoms with Gasteiger partial charge in [-0.05, 0) is 253 Å². The van der Waals surface area contributed by atoms with Gasteiger partial charge in [-0.25, -0.2) is 0 Å². The molecule has 0 radical (unpaired) electrons. The van der Waals surface area contributed by atoms with Gasteiger partial charge >= 0.3 is 0 Å². The molecule has 0 bridgehead atoms. The fraction of sp³-hybridized carbons (Fsp3) is 0.157. The fourth-order valence-corrected chi connectivity index (χ4v) is 18.3. The largest absolute Gasteiger partial charge is 0.314 e. The molecular formula is C102H86N2. The molecule has 0 unspecified atom stereocenters. The predicted molar refractivity (Wildman–Crippen MR) is 440 cm³/mol. The maximum atomic E-state index is 2.60. The van der Waals surface area contributed by atoms with E-state index in [4.69, 9.17) is 0 Å². The molecule has 104 heavy (non-hydrogen) atoms. The monoisotopic (exact) mass is 1340 g/mol. The fourth-order valence-electron chi connectivity index (χ4n) is 18.3. The molecule has 2 nitrogen and oxygen atoms in total. The minimum absolute atomic E-state index is 0.0355. The average Bonchev–Trinajstić information content (AvgIpc) is 1.56. The molecule has 504 valence electrons. The van der Waals surface area contributed by atoms with Crippen LogP contribution in [0.2, 0.25) is 0 Å². The highest BCUT2D eigenvalue weighted by Crippen LogP contribution is 2.58. The van der Waals surface area contributed by atoms with Crippen molar-refractivity contribution in [3.8, 4) is 44.5 Å². The summed E-state index contributed by atoms with van der Waals surface area (Å²) < 4.78 is 0. The lowest BCUT2D eigenvalue weighted by molar-refractivity contribution is 0.353. The van der Waals surface area contributed by atoms with Crippen LogP contribution >= 0.6 is 0 Å². The molecule has 0 aliphatic heterocycles. The topological polar surface area (TPSA) is 6.48 Å². The first-order valence-electron chi connectivity index (χ1n) is 38.1. The van der Waals surface area contributed by atoms with Gasteiger partial charge in [-0.15, -0.1) is 0 Å². The van der Waals surface area contributed by atoms with Crippen molar-refractivity contribution in [2.75, 3.05) is 9.80 Å². The zero-order valence-corrected chi connectivity index (χ0v) is 59.3. The predicted octanol–water partition coefficient (Wildman–Crippen LogP) is 27.4. The molecule has 13 aromatic rings. The van der Waals surface area contributed by atoms with Gasteiger partial charge in [0, 0.05) is 45.0 Å². The van der Waals surface area contributed by atoms with Gasteiger partial charge < -0.3 is 9.80 Å². The standard InChI is InChI=1S/C102H86N2/c1-7-25-73(26-8-1)65-85(77-28-9-2-10-29-77)69-76-27-23-30-82(68-76)80-47-43-75(44-48-80)67-86(84-53-59-95-93-37-15-17-39-97(93)101(99(95)71-84)61-19-5-20-62-101)66-74-41-45-78(46-42-74)79-49-54-89(55-50-79)104(92-58-60-96-94-38-16-18-40-98(94)102(100(96)72-92)63-21-6-22-64-102)90-56-51-81(52-57-90)83-31-24-36-91(70-83)103(87-32-11-3-12-33-87)88-34-13-4-14-35-88/h1-4,7-18,23,25-35,37-60,66,68-72H,5-6,19-22,24,36,61-65,67H2/b85-69-,86-66-. The Labute approximate surface area is 615 Å². The summed E-state index contributed by atoms with van der Waals surface area (Å²) in [6.45, 7) is 0. The van der Waals surface area contributed by atoms with E-state index in [-0.39, 0.29) is 10.8 Å². The second-order valence-corrected chi connectivity index (χ2v) is 29.6. The lowest BCUT2D eigenvalue weighted by Gasteiger charge is -2.36. The molecule has 0 saturated heterocycles. The highest BCUT2D eigenvalue weighted by molar-refractivity contribution is 5.91. The molecule has 5 aliphatic rings. The van der Waals surface area contributed by atoms with Gasteiger partial charge in [0.1, 0.15) is 0 Å². The minimum Gasteiger partial charge on any atom is -0.314 e. The molecule has 18 rings (SSSR count). The Morgan fingerprint density at radius 1 is 0.298 bits per heavy atom. The van der Waals surface area contributed by atoms with Crippen molar-refractivity contribution in [3.05, 3.63) is 407 Å². The number of nitrogens with zero attached hydrogens (tertiary/aromatic N) is 2. The number of para-hydroxylation sites is 2. The minimum atomic E-state index is 0.0355. The number of fused-ring (bicyclic) bond motifs is 10. The van der Waals surface area contributed by atoms with Crippen molar-refractivity contribution < 1.29 is 0 Å². The van der Waals surface area contributed by atoms with E-state index < -0.39 is 0 Å². The third-order valence-corrected chi connectivity index (χ3v) is 23.4. The van der Waals surface area contributed by atoms with Crippen LogP contribution in [0.1, 0.15) is 138 Å². The van der Waals surface area contributed by atoms with E-state index in [1.807, 2.05) is 0 Å². The Morgan fingerprint density at radius 2 is 0.750 bits per heavy atom. The first-order valence-corrected chi connectivity index (χ1v) is 38.1. The lowest BCUT2D eigenvalue weighted by atomic mass is 9.67. The number of hydrogen-bond acceptors (Lipinski definition) is 2. The summed E-state index contributed by atoms with van der Waals surface area (Å²) in [5, 5.41) is 0. The van der Waals surface area contributed by atoms with Crippen LogP contribution in [-0.2, 0) is 23.7 Å². The summed E-state index contributed by atoms with van der Waals surface area (Å²) >= 11 is 0. The molecule has 2 saturated carbocycles. The Kier molecular flexibility index (Phi) is 17.6. The van der Waals surface area contributed by atoms with Gasteiger partial charge in [0.05, 0.1) is 0 Å². The summed E-state index contributed by atoms with van der Waals surface area (Å²) in [4.78, 5) is 4.93. The number of benzene rings is 13. The highest BCUT2D eigenvalue weighted by Gasteiger charge is 2.45. The molecule has 2 heteroatoms. The van der Waals surface area contributed by atoms with Gasteiger partial charge in [0.2, 0.25) is 0 Å². The van der Waals surface area contributed by atoms with E-state index in [1.54, 1.807) is 0 Å². The first-order chi connectivity index (χ1) is 51.5. The molecule has 13 aromatic carbocycles. The summed E-state index contributed by atoms with van der Waals surface area (Å²) in [6.07, 6.45) is 25.7. The zero-order chi connectivity index (χ0) is 69.2. The van der Waals surface area contributed by atoms with Gasteiger partial charge in [0.15, 0.2) is 0 Å². The quantitative estimate of drug-likeness (QED) is 0.0839. The van der Waals surface area contributed by atoms with E-state index in [2.05, 4.69) is 362 Å². The van der Waals surface area contributed by atoms with Crippen LogP contribution in [0.15, 0.2) is 345 Å². The van der Waals surface area contributed by atoms with E-state index in [0.29, 0.717) is 0 Å². The SMILES string of the molecule is C1=C(c2ccc(N(c3ccc(-c4ccc(/C=C(/Cc5ccc(-c6cccc(/C=C(/Cc7ccccc7)c7ccccc7)c6)cc5)c5ccc6c(c5)C5(CCCCC5)c5ccccc5-6)cc4)cc3)c3ccc4c(c3)C3(CCCCC3)c3ccccc3-4)cc2)C=C(N(c2ccccc2)c2ccccc2)CC1. The molecule has 2 spiro atoms. The van der Waals surface area contributed by atoms with E-state index in [9.17, 15) is 0 Å². The van der Waals surface area contributed by atoms with Crippen LogP contribution in [0.5, 0.6) is 0 Å². The van der Waals surface area contributed by atoms with Gasteiger partial charge in [-0.1, -0.05) is 312 Å². The molecule has 0 aromatic heterocycles. The normalized spacial score (nSPS) is 15.5. The van der Waals surface area contributed by atoms with Crippen molar-refractivity contribution >= 4 is 57.3 Å². The van der Waals surface area contributed by atoms with E-state index >= 15 is 0 Å². The first kappa shape index (κ1) is 64.5. The second kappa shape index (κ2) is 28.3. The molecule has 0 atom stereocenters. The average molecular weight is 1340 g/mol. The van der Waals surface area contributed by atoms with Crippen LogP contribution in [0.4, 0.5) is 28.4 Å². The second-order valence-electron chi connectivity index (χ2n) is 29.6. The smallest absolute Gasteiger partial charge is 0.0465 e. The molecule has 0 amide bonds. The van der Waals surface area contributed by atoms with Crippen LogP contribution < -0.4 is 9.80 Å². The summed E-state index contributed by atoms with van der Waals surface area (Å²) in [5.74, 6) is 0. The molecule has 2 fully saturated rings. The van der Waals surface area contributed by atoms with Crippen LogP contribution in [0, 0.1) is 0 Å². The molecule has 0 N–H and O–H groups in total. The van der Waals surface area contributed by atoms with Crippen molar-refractivity contribution in [2.24, 2.45) is 0 Å². The van der Waals surface area contributed by atoms with Crippen molar-refractivity contribution in [3.63, 3.8) is 0 Å². The van der Waals surface area contributed by atoms with Crippen LogP contribution in [0.3, 0.4) is 0 Å². The van der Waals surface area contributed by atoms with E-state index in [1.165, 1.54) is 209 Å². The van der Waals surface area contributed by atoms with E-state index in [0.717, 1.165) is 37.1 Å². The van der Waals surface area contributed by atoms with Crippen molar-refractivity contribution in [2.45, 2.75) is 101 Å². The Hall–Kier alpha value is -11.6. The summed E-state index contributed by atoms with van der Waals surface area (Å²) in [6, 6.07) is 123. The van der Waals surface area contributed by atoms with Crippen LogP contribution in [0.25, 0.3) is 73.4 Å². The zero-order valence-electron chi connectivity index (χ0n) is 59.3. The Morgan fingerprint density at radius 3 is 1.36 bits per heavy atom. The van der Waals surface area contributed by atoms with Crippen LogP contribution in [-0.4, -0.2) is 0 Å². The van der Waals surface area contributed by atoms with Gasteiger partial charge in [-0.3, -0.25) is 0 Å². The molecule has 5 aliphatic carbocycles. The summed E-state index contributed by atoms with van der Waals surface area (Å²) in [7, 11) is 0. The maximum Gasteiger partial charge on any atom is 0.0465 e. The Balaban J connectivity index is 0.666. The molecular weight excluding hydrogens is 1250 g/mol. The highest BCUT2D eigenvalue weighted by atomic mass is 15.2. The summed E-state index contributed by atoms with van der Waals surface area (Å²) in [5.41, 5.74) is 36.4. The Bertz CT molecular complexity index is 5340. The number of anilines is 5. The number of allylic oxidation sites excluding steroid dienone is 6. The molecule has 0 heterocycles. The third-order valence-electron chi connectivity index (χ3n) is 23.4. The third kappa shape index (κ3) is 12.5. The number of hydrogen-bond donors (Lipinski definition) is 0. The van der Waals surface area contributed by atoms with Gasteiger partial charge in [0.25, 0.3) is 0 Å². The van der Waals surface area contributed by atoms with Crippen molar-refractivity contribution in [1.29, 1.82) is 0 Å². The number of rotatable bonds is 17. The van der Waals surface area contributed by atoms with Crippen molar-refractivity contribution in [1.82, 2.24) is 0 Å².